The van der Waals surface area contributed by atoms with Crippen LogP contribution in [0.5, 0.6) is 0 Å². The fourth-order valence-electron chi connectivity index (χ4n) is 3.75. The number of hydrogen-bond donors (Lipinski definition) is 4. The summed E-state index contributed by atoms with van der Waals surface area (Å²) in [4.78, 5) is 23.4. The van der Waals surface area contributed by atoms with Crippen LogP contribution in [-0.2, 0) is 9.59 Å². The van der Waals surface area contributed by atoms with Gasteiger partial charge in [-0.2, -0.15) is 0 Å². The molecular formula is C16H26Na2O6. The summed E-state index contributed by atoms with van der Waals surface area (Å²) in [5.74, 6) is -2.94. The number of aliphatic hydroxyl groups excluding tert-OH is 2. The van der Waals surface area contributed by atoms with Crippen LogP contribution in [0.15, 0.2) is 11.1 Å². The average molecular weight is 360 g/mol. The van der Waals surface area contributed by atoms with Gasteiger partial charge in [-0.3, -0.25) is 0 Å². The Bertz CT molecular complexity index is 421. The maximum atomic E-state index is 11.7. The number of rotatable bonds is 4. The van der Waals surface area contributed by atoms with Crippen molar-refractivity contribution in [2.24, 2.45) is 11.8 Å². The Kier molecular flexibility index (Phi) is 11.6. The minimum atomic E-state index is -1.16. The van der Waals surface area contributed by atoms with E-state index in [9.17, 15) is 30.0 Å². The molecule has 2 saturated carbocycles. The van der Waals surface area contributed by atoms with E-state index >= 15 is 0 Å². The Morgan fingerprint density at radius 3 is 1.04 bits per heavy atom. The second kappa shape index (κ2) is 11.3. The molecule has 128 valence electrons. The summed E-state index contributed by atoms with van der Waals surface area (Å²) in [7, 11) is 0. The van der Waals surface area contributed by atoms with Crippen LogP contribution < -0.4 is 0 Å². The first-order valence-electron chi connectivity index (χ1n) is 7.97. The third kappa shape index (κ3) is 6.40. The molecule has 2 aliphatic rings. The molecule has 0 radical (unpaired) electrons. The van der Waals surface area contributed by atoms with E-state index in [4.69, 9.17) is 0 Å². The van der Waals surface area contributed by atoms with Gasteiger partial charge in [-0.1, -0.05) is 0 Å². The molecule has 2 fully saturated rings. The van der Waals surface area contributed by atoms with Crippen LogP contribution in [0.1, 0.15) is 51.4 Å². The van der Waals surface area contributed by atoms with Gasteiger partial charge in [0.15, 0.2) is 0 Å². The van der Waals surface area contributed by atoms with E-state index in [1.54, 1.807) is 0 Å². The number of carbonyl (C=O) groups is 2. The summed E-state index contributed by atoms with van der Waals surface area (Å²) >= 11 is 0. The first-order chi connectivity index (χ1) is 10.4. The third-order valence-corrected chi connectivity index (χ3v) is 4.96. The second-order valence-corrected chi connectivity index (χ2v) is 6.45. The van der Waals surface area contributed by atoms with E-state index in [1.807, 2.05) is 0 Å². The van der Waals surface area contributed by atoms with Crippen molar-refractivity contribution in [3.63, 3.8) is 0 Å². The minimum absolute atomic E-state index is 0. The van der Waals surface area contributed by atoms with Crippen molar-refractivity contribution in [2.75, 3.05) is 0 Å². The van der Waals surface area contributed by atoms with Gasteiger partial charge in [-0.25, -0.2) is 9.59 Å². The topological polar surface area (TPSA) is 115 Å². The van der Waals surface area contributed by atoms with Crippen molar-refractivity contribution in [3.05, 3.63) is 11.1 Å². The number of hydrogen-bond acceptors (Lipinski definition) is 4. The average Bonchev–Trinajstić information content (AvgIpc) is 2.46. The first-order valence-corrected chi connectivity index (χ1v) is 7.97. The van der Waals surface area contributed by atoms with Crippen molar-refractivity contribution in [1.82, 2.24) is 0 Å². The molecule has 24 heavy (non-hydrogen) atoms. The van der Waals surface area contributed by atoms with Crippen LogP contribution in [0.3, 0.4) is 0 Å². The van der Waals surface area contributed by atoms with Gasteiger partial charge < -0.3 is 20.4 Å². The SMILES string of the molecule is O=C(O)/C(=C(\C(=O)O)C1CCC(O)CC1)C1CCC(O)CC1.[NaH].[NaH]. The van der Waals surface area contributed by atoms with E-state index in [-0.39, 0.29) is 82.1 Å². The molecule has 0 aliphatic heterocycles. The van der Waals surface area contributed by atoms with E-state index < -0.39 is 24.1 Å². The predicted octanol–water partition coefficient (Wildman–Crippen LogP) is 0.257. The Morgan fingerprint density at radius 1 is 0.583 bits per heavy atom. The van der Waals surface area contributed by atoms with Gasteiger partial charge >= 0.3 is 71.1 Å². The molecule has 6 nitrogen and oxygen atoms in total. The third-order valence-electron chi connectivity index (χ3n) is 4.96. The molecule has 0 atom stereocenters. The molecule has 0 spiro atoms. The zero-order chi connectivity index (χ0) is 16.3. The van der Waals surface area contributed by atoms with E-state index in [1.165, 1.54) is 0 Å². The molecule has 0 aromatic carbocycles. The second-order valence-electron chi connectivity index (χ2n) is 6.45. The molecule has 0 heterocycles. The van der Waals surface area contributed by atoms with Crippen molar-refractivity contribution in [1.29, 1.82) is 0 Å². The standard InChI is InChI=1S/C16H24O6.2Na.2H/c17-11-5-1-9(2-6-11)13(15(19)20)14(16(21)22)10-3-7-12(18)8-4-10;;;;/h9-12,17-18H,1-8H2,(H,19,20)(H,21,22);;;;/b14-13-;;;;. The summed E-state index contributed by atoms with van der Waals surface area (Å²) in [5, 5.41) is 38.3. The zero-order valence-electron chi connectivity index (χ0n) is 12.6. The summed E-state index contributed by atoms with van der Waals surface area (Å²) in [5.41, 5.74) is 0.0292. The van der Waals surface area contributed by atoms with Crippen LogP contribution in [-0.4, -0.2) is 104 Å². The quantitative estimate of drug-likeness (QED) is 0.422. The summed E-state index contributed by atoms with van der Waals surface area (Å²) in [6, 6.07) is 0. The summed E-state index contributed by atoms with van der Waals surface area (Å²) in [6.07, 6.45) is 3.26. The van der Waals surface area contributed by atoms with Crippen molar-refractivity contribution < 1.29 is 30.0 Å². The molecule has 2 aliphatic carbocycles. The van der Waals surface area contributed by atoms with Crippen molar-refractivity contribution >= 4 is 71.1 Å². The van der Waals surface area contributed by atoms with Gasteiger partial charge in [-0.05, 0) is 63.2 Å². The summed E-state index contributed by atoms with van der Waals surface area (Å²) < 4.78 is 0. The predicted molar refractivity (Wildman–Crippen MR) is 92.5 cm³/mol. The molecule has 0 unspecified atom stereocenters. The number of aliphatic hydroxyl groups is 2. The Labute approximate surface area is 186 Å². The van der Waals surface area contributed by atoms with Crippen molar-refractivity contribution in [3.8, 4) is 0 Å². The zero-order valence-corrected chi connectivity index (χ0v) is 12.6. The van der Waals surface area contributed by atoms with Gasteiger partial charge in [0.2, 0.25) is 0 Å². The monoisotopic (exact) mass is 360 g/mol. The molecule has 8 heteroatoms. The molecule has 0 amide bonds. The molecule has 0 saturated heterocycles. The molecule has 0 aromatic rings. The van der Waals surface area contributed by atoms with Gasteiger partial charge in [0.1, 0.15) is 0 Å². The maximum absolute atomic E-state index is 11.7. The van der Waals surface area contributed by atoms with Gasteiger partial charge in [0.05, 0.1) is 23.4 Å². The first kappa shape index (κ1) is 24.6. The van der Waals surface area contributed by atoms with Gasteiger partial charge in [-0.15, -0.1) is 0 Å². The van der Waals surface area contributed by atoms with Crippen molar-refractivity contribution in [2.45, 2.75) is 63.6 Å². The van der Waals surface area contributed by atoms with E-state index in [0.717, 1.165) is 0 Å². The Morgan fingerprint density at radius 2 is 0.833 bits per heavy atom. The normalized spacial score (nSPS) is 31.1. The summed E-state index contributed by atoms with van der Waals surface area (Å²) in [6.45, 7) is 0. The van der Waals surface area contributed by atoms with E-state index in [2.05, 4.69) is 0 Å². The van der Waals surface area contributed by atoms with Crippen LogP contribution in [0.25, 0.3) is 0 Å². The Hall–Kier alpha value is 0.600. The van der Waals surface area contributed by atoms with Crippen LogP contribution >= 0.6 is 0 Å². The molecule has 2 rings (SSSR count). The number of carboxylic acid groups (broad SMARTS) is 2. The fraction of sp³-hybridized carbons (Fsp3) is 0.750. The van der Waals surface area contributed by atoms with Crippen LogP contribution in [0.2, 0.25) is 0 Å². The number of aliphatic carboxylic acids is 2. The molecule has 0 bridgehead atoms. The molecule has 0 aromatic heterocycles. The molecular weight excluding hydrogens is 334 g/mol. The van der Waals surface area contributed by atoms with Crippen LogP contribution in [0, 0.1) is 11.8 Å². The van der Waals surface area contributed by atoms with Crippen LogP contribution in [0.4, 0.5) is 0 Å². The van der Waals surface area contributed by atoms with Gasteiger partial charge in [0.25, 0.3) is 0 Å². The van der Waals surface area contributed by atoms with E-state index in [0.29, 0.717) is 51.4 Å². The molecule has 4 N–H and O–H groups in total. The number of carboxylic acids is 2. The Balaban J connectivity index is 0.00000264. The fourth-order valence-corrected chi connectivity index (χ4v) is 3.75. The van der Waals surface area contributed by atoms with Gasteiger partial charge in [0, 0.05) is 0 Å².